The molecule has 4 rings (SSSR count). The van der Waals surface area contributed by atoms with Crippen LogP contribution in [0.5, 0.6) is 11.5 Å². The van der Waals surface area contributed by atoms with E-state index in [1.807, 2.05) is 43.3 Å². The van der Waals surface area contributed by atoms with Gasteiger partial charge in [-0.3, -0.25) is 4.79 Å². The van der Waals surface area contributed by atoms with E-state index in [-0.39, 0.29) is 6.61 Å². The number of carbonyl (C=O) groups excluding carboxylic acids is 1. The number of para-hydroxylation sites is 2. The summed E-state index contributed by atoms with van der Waals surface area (Å²) in [6.45, 7) is 2.42. The number of aromatic nitrogens is 2. The Morgan fingerprint density at radius 2 is 1.97 bits per heavy atom. The topological polar surface area (TPSA) is 77.7 Å². The highest BCUT2D eigenvalue weighted by Gasteiger charge is 2.27. The van der Waals surface area contributed by atoms with E-state index in [4.69, 9.17) is 32.7 Å². The van der Waals surface area contributed by atoms with Gasteiger partial charge in [0.15, 0.2) is 11.5 Å². The first-order chi connectivity index (χ1) is 14.5. The number of hydrogen-bond acceptors (Lipinski definition) is 5. The molecule has 1 aliphatic rings. The van der Waals surface area contributed by atoms with Crippen molar-refractivity contribution in [3.63, 3.8) is 0 Å². The predicted octanol–water partition coefficient (Wildman–Crippen LogP) is 3.84. The predicted molar refractivity (Wildman–Crippen MR) is 115 cm³/mol. The van der Waals surface area contributed by atoms with Crippen molar-refractivity contribution in [1.82, 2.24) is 15.2 Å². The number of halogens is 2. The molecule has 0 spiro atoms. The minimum atomic E-state index is -0.791. The molecule has 1 atom stereocenters. The Morgan fingerprint density at radius 3 is 2.73 bits per heavy atom. The van der Waals surface area contributed by atoms with Gasteiger partial charge in [0, 0.05) is 5.02 Å². The molecule has 7 nitrogen and oxygen atoms in total. The smallest absolute Gasteiger partial charge is 0.284 e. The normalized spacial score (nSPS) is 15.4. The Balaban J connectivity index is 1.40. The molecule has 30 heavy (non-hydrogen) atoms. The zero-order chi connectivity index (χ0) is 21.1. The first-order valence-corrected chi connectivity index (χ1v) is 9.95. The molecule has 0 bridgehead atoms. The molecule has 1 N–H and O–H groups in total. The van der Waals surface area contributed by atoms with Gasteiger partial charge in [-0.1, -0.05) is 47.5 Å². The summed E-state index contributed by atoms with van der Waals surface area (Å²) in [5.74, 6) is 0.721. The molecule has 2 aromatic carbocycles. The van der Waals surface area contributed by atoms with Gasteiger partial charge in [0.05, 0.1) is 24.0 Å². The minimum absolute atomic E-state index is 0.108. The SMILES string of the molecule is Cc1nn(Cc2ccc(Cl)cc2)c(Cl)c1/C=N/NC(=O)C1COc2ccccc2O1. The Labute approximate surface area is 183 Å². The maximum Gasteiger partial charge on any atom is 0.284 e. The lowest BCUT2D eigenvalue weighted by Crippen LogP contribution is -2.42. The van der Waals surface area contributed by atoms with Crippen LogP contribution in [-0.2, 0) is 11.3 Å². The summed E-state index contributed by atoms with van der Waals surface area (Å²) in [5.41, 5.74) is 4.79. The highest BCUT2D eigenvalue weighted by Crippen LogP contribution is 2.30. The molecule has 0 saturated carbocycles. The second-order valence-electron chi connectivity index (χ2n) is 6.67. The fourth-order valence-electron chi connectivity index (χ4n) is 2.96. The number of hydrazone groups is 1. The first-order valence-electron chi connectivity index (χ1n) is 9.20. The lowest BCUT2D eigenvalue weighted by molar-refractivity contribution is -0.130. The van der Waals surface area contributed by atoms with Crippen molar-refractivity contribution < 1.29 is 14.3 Å². The van der Waals surface area contributed by atoms with Gasteiger partial charge >= 0.3 is 0 Å². The summed E-state index contributed by atoms with van der Waals surface area (Å²) >= 11 is 12.4. The molecule has 0 aliphatic carbocycles. The van der Waals surface area contributed by atoms with Crippen LogP contribution >= 0.6 is 23.2 Å². The van der Waals surface area contributed by atoms with E-state index in [0.717, 1.165) is 5.56 Å². The monoisotopic (exact) mass is 444 g/mol. The lowest BCUT2D eigenvalue weighted by Gasteiger charge is -2.24. The van der Waals surface area contributed by atoms with Crippen molar-refractivity contribution in [2.45, 2.75) is 19.6 Å². The van der Waals surface area contributed by atoms with Crippen molar-refractivity contribution in [1.29, 1.82) is 0 Å². The Morgan fingerprint density at radius 1 is 1.23 bits per heavy atom. The van der Waals surface area contributed by atoms with E-state index in [2.05, 4.69) is 15.6 Å². The van der Waals surface area contributed by atoms with Crippen LogP contribution in [0.25, 0.3) is 0 Å². The number of fused-ring (bicyclic) bond motifs is 1. The number of ether oxygens (including phenoxy) is 2. The molecule has 154 valence electrons. The zero-order valence-electron chi connectivity index (χ0n) is 16.0. The quantitative estimate of drug-likeness (QED) is 0.478. The summed E-state index contributed by atoms with van der Waals surface area (Å²) in [5, 5.41) is 9.54. The molecule has 1 aliphatic heterocycles. The Kier molecular flexibility index (Phi) is 5.92. The second kappa shape index (κ2) is 8.77. The van der Waals surface area contributed by atoms with E-state index in [1.165, 1.54) is 6.21 Å². The Bertz CT molecular complexity index is 1100. The average molecular weight is 445 g/mol. The van der Waals surface area contributed by atoms with Gasteiger partial charge in [-0.25, -0.2) is 10.1 Å². The molecule has 1 unspecified atom stereocenters. The van der Waals surface area contributed by atoms with Crippen molar-refractivity contribution in [2.75, 3.05) is 6.61 Å². The van der Waals surface area contributed by atoms with Crippen molar-refractivity contribution in [3.05, 3.63) is 75.5 Å². The van der Waals surface area contributed by atoms with Gasteiger partial charge in [-0.15, -0.1) is 0 Å². The molecule has 1 aromatic heterocycles. The molecule has 0 fully saturated rings. The summed E-state index contributed by atoms with van der Waals surface area (Å²) in [4.78, 5) is 12.3. The molecule has 0 saturated heterocycles. The van der Waals surface area contributed by atoms with E-state index in [1.54, 1.807) is 16.8 Å². The summed E-state index contributed by atoms with van der Waals surface area (Å²) in [7, 11) is 0. The van der Waals surface area contributed by atoms with Gasteiger partial charge in [-0.2, -0.15) is 10.2 Å². The number of benzene rings is 2. The van der Waals surface area contributed by atoms with Crippen LogP contribution in [-0.4, -0.2) is 34.6 Å². The van der Waals surface area contributed by atoms with Gasteiger partial charge in [-0.05, 0) is 36.8 Å². The fourth-order valence-corrected chi connectivity index (χ4v) is 3.37. The molecular formula is C21H18Cl2N4O3. The third-order valence-electron chi connectivity index (χ3n) is 4.52. The summed E-state index contributed by atoms with van der Waals surface area (Å²) in [6, 6.07) is 14.6. The van der Waals surface area contributed by atoms with Crippen molar-refractivity contribution in [3.8, 4) is 11.5 Å². The number of amides is 1. The lowest BCUT2D eigenvalue weighted by atomic mass is 10.2. The number of carbonyl (C=O) groups is 1. The number of hydrogen-bond donors (Lipinski definition) is 1. The van der Waals surface area contributed by atoms with Gasteiger partial charge in [0.25, 0.3) is 5.91 Å². The van der Waals surface area contributed by atoms with E-state index < -0.39 is 12.0 Å². The number of nitrogens with one attached hydrogen (secondary N) is 1. The maximum atomic E-state index is 12.3. The third kappa shape index (κ3) is 4.42. The van der Waals surface area contributed by atoms with Crippen molar-refractivity contribution >= 4 is 35.3 Å². The van der Waals surface area contributed by atoms with Crippen LogP contribution < -0.4 is 14.9 Å². The van der Waals surface area contributed by atoms with Gasteiger partial charge < -0.3 is 9.47 Å². The van der Waals surface area contributed by atoms with Crippen LogP contribution in [0, 0.1) is 6.92 Å². The van der Waals surface area contributed by atoms with Crippen LogP contribution in [0.4, 0.5) is 0 Å². The minimum Gasteiger partial charge on any atom is -0.485 e. The average Bonchev–Trinajstić information content (AvgIpc) is 3.02. The zero-order valence-corrected chi connectivity index (χ0v) is 17.5. The van der Waals surface area contributed by atoms with Crippen LogP contribution in [0.1, 0.15) is 16.8 Å². The van der Waals surface area contributed by atoms with Crippen LogP contribution in [0.2, 0.25) is 10.2 Å². The van der Waals surface area contributed by atoms with Gasteiger partial charge in [0.2, 0.25) is 6.10 Å². The fraction of sp³-hybridized carbons (Fsp3) is 0.190. The Hall–Kier alpha value is -3.03. The van der Waals surface area contributed by atoms with Crippen LogP contribution in [0.3, 0.4) is 0 Å². The highest BCUT2D eigenvalue weighted by molar-refractivity contribution is 6.32. The number of rotatable bonds is 5. The molecule has 3 aromatic rings. The standard InChI is InChI=1S/C21H18Cl2N4O3/c1-13-16(20(23)27(26-13)11-14-6-8-15(22)9-7-14)10-24-25-21(28)19-12-29-17-4-2-3-5-18(17)30-19/h2-10,19H,11-12H2,1H3,(H,25,28)/b24-10+. The largest absolute Gasteiger partial charge is 0.485 e. The van der Waals surface area contributed by atoms with E-state index in [9.17, 15) is 4.79 Å². The van der Waals surface area contributed by atoms with E-state index >= 15 is 0 Å². The maximum absolute atomic E-state index is 12.3. The highest BCUT2D eigenvalue weighted by atomic mass is 35.5. The molecule has 2 heterocycles. The molecular weight excluding hydrogens is 427 g/mol. The van der Waals surface area contributed by atoms with Crippen LogP contribution in [0.15, 0.2) is 53.6 Å². The first kappa shape index (κ1) is 20.3. The summed E-state index contributed by atoms with van der Waals surface area (Å²) < 4.78 is 12.9. The molecule has 0 radical (unpaired) electrons. The number of aryl methyl sites for hydroxylation is 1. The van der Waals surface area contributed by atoms with E-state index in [0.29, 0.717) is 39.5 Å². The molecule has 1 amide bonds. The summed E-state index contributed by atoms with van der Waals surface area (Å²) in [6.07, 6.45) is 0.680. The third-order valence-corrected chi connectivity index (χ3v) is 5.18. The second-order valence-corrected chi connectivity index (χ2v) is 7.47. The number of nitrogens with zero attached hydrogens (tertiary/aromatic N) is 3. The van der Waals surface area contributed by atoms with Crippen molar-refractivity contribution in [2.24, 2.45) is 5.10 Å². The van der Waals surface area contributed by atoms with Gasteiger partial charge in [0.1, 0.15) is 11.8 Å². The molecule has 9 heteroatoms.